The van der Waals surface area contributed by atoms with E-state index in [4.69, 9.17) is 9.72 Å². The van der Waals surface area contributed by atoms with Crippen LogP contribution in [0.1, 0.15) is 41.0 Å². The Bertz CT molecular complexity index is 925. The first-order chi connectivity index (χ1) is 13.2. The molecule has 0 saturated heterocycles. The van der Waals surface area contributed by atoms with Gasteiger partial charge in [0.15, 0.2) is 12.4 Å². The lowest BCUT2D eigenvalue weighted by Crippen LogP contribution is -2.33. The Hall–Kier alpha value is -2.53. The number of para-hydroxylation sites is 1. The number of carbonyl (C=O) groups is 2. The van der Waals surface area contributed by atoms with Crippen molar-refractivity contribution in [1.82, 2.24) is 4.98 Å². The van der Waals surface area contributed by atoms with Gasteiger partial charge in [0.05, 0.1) is 20.6 Å². The van der Waals surface area contributed by atoms with Crippen molar-refractivity contribution in [3.63, 3.8) is 0 Å². The Balaban J connectivity index is 1.47. The number of ketones is 1. The Morgan fingerprint density at radius 2 is 1.70 bits per heavy atom. The van der Waals surface area contributed by atoms with Crippen LogP contribution in [-0.4, -0.2) is 23.3 Å². The highest BCUT2D eigenvalue weighted by atomic mass is 32.1. The van der Waals surface area contributed by atoms with E-state index >= 15 is 0 Å². The van der Waals surface area contributed by atoms with Gasteiger partial charge in [-0.15, -0.1) is 11.3 Å². The van der Waals surface area contributed by atoms with Crippen LogP contribution < -0.4 is 0 Å². The molecule has 0 bridgehead atoms. The number of hydrogen-bond donors (Lipinski definition) is 0. The minimum absolute atomic E-state index is 0.169. The summed E-state index contributed by atoms with van der Waals surface area (Å²) in [6.45, 7) is -0.204. The number of benzene rings is 2. The van der Waals surface area contributed by atoms with E-state index in [1.807, 2.05) is 24.3 Å². The van der Waals surface area contributed by atoms with Gasteiger partial charge < -0.3 is 4.74 Å². The van der Waals surface area contributed by atoms with Crippen LogP contribution in [0.15, 0.2) is 54.6 Å². The predicted octanol–water partition coefficient (Wildman–Crippen LogP) is 4.83. The first-order valence-corrected chi connectivity index (χ1v) is 10.1. The summed E-state index contributed by atoms with van der Waals surface area (Å²) >= 11 is 1.64. The molecule has 1 aromatic heterocycles. The standard InChI is InChI=1S/C22H21NO3S/c24-18(16-8-2-1-3-9-16)15-26-21(25)22(12-6-7-13-22)14-20-23-17-10-4-5-11-19(17)27-20/h1-5,8-11H,6-7,12-15H2. The number of ether oxygens (including phenoxy) is 1. The molecule has 0 N–H and O–H groups in total. The second kappa shape index (κ2) is 7.61. The third-order valence-corrected chi connectivity index (χ3v) is 6.29. The lowest BCUT2D eigenvalue weighted by Gasteiger charge is -2.25. The number of Topliss-reactive ketones (excluding diaryl/α,β-unsaturated/α-hetero) is 1. The first kappa shape index (κ1) is 17.9. The lowest BCUT2D eigenvalue weighted by atomic mass is 9.83. The molecule has 2 aromatic carbocycles. The van der Waals surface area contributed by atoms with E-state index in [0.29, 0.717) is 12.0 Å². The molecule has 0 atom stereocenters. The van der Waals surface area contributed by atoms with Crippen molar-refractivity contribution in [2.24, 2.45) is 5.41 Å². The molecule has 138 valence electrons. The van der Waals surface area contributed by atoms with Crippen molar-refractivity contribution in [2.75, 3.05) is 6.61 Å². The monoisotopic (exact) mass is 379 g/mol. The summed E-state index contributed by atoms with van der Waals surface area (Å²) < 4.78 is 6.61. The summed E-state index contributed by atoms with van der Waals surface area (Å²) in [7, 11) is 0. The minimum Gasteiger partial charge on any atom is -0.457 e. The van der Waals surface area contributed by atoms with E-state index < -0.39 is 5.41 Å². The van der Waals surface area contributed by atoms with E-state index in [9.17, 15) is 9.59 Å². The third kappa shape index (κ3) is 3.78. The van der Waals surface area contributed by atoms with E-state index in [2.05, 4.69) is 6.07 Å². The molecule has 1 fully saturated rings. The molecular weight excluding hydrogens is 358 g/mol. The van der Waals surface area contributed by atoms with Gasteiger partial charge in [-0.2, -0.15) is 0 Å². The van der Waals surface area contributed by atoms with Crippen molar-refractivity contribution >= 4 is 33.3 Å². The van der Waals surface area contributed by atoms with Crippen molar-refractivity contribution in [3.8, 4) is 0 Å². The SMILES string of the molecule is O=C(COC(=O)C1(Cc2nc3ccccc3s2)CCCC1)c1ccccc1. The van der Waals surface area contributed by atoms with Gasteiger partial charge in [-0.3, -0.25) is 9.59 Å². The summed E-state index contributed by atoms with van der Waals surface area (Å²) in [4.78, 5) is 29.9. The largest absolute Gasteiger partial charge is 0.457 e. The molecule has 1 heterocycles. The van der Waals surface area contributed by atoms with E-state index in [-0.39, 0.29) is 18.4 Å². The first-order valence-electron chi connectivity index (χ1n) is 9.26. The fourth-order valence-corrected chi connectivity index (χ4v) is 4.89. The fraction of sp³-hybridized carbons (Fsp3) is 0.318. The number of fused-ring (bicyclic) bond motifs is 1. The molecular formula is C22H21NO3S. The summed E-state index contributed by atoms with van der Waals surface area (Å²) in [5.74, 6) is -0.430. The molecule has 5 heteroatoms. The number of aromatic nitrogens is 1. The van der Waals surface area contributed by atoms with Gasteiger partial charge in [-0.1, -0.05) is 55.3 Å². The average Bonchev–Trinajstić information content (AvgIpc) is 3.33. The zero-order valence-corrected chi connectivity index (χ0v) is 15.8. The quantitative estimate of drug-likeness (QED) is 0.455. The molecule has 0 unspecified atom stereocenters. The molecule has 4 rings (SSSR count). The van der Waals surface area contributed by atoms with Crippen LogP contribution >= 0.6 is 11.3 Å². The molecule has 0 spiro atoms. The number of hydrogen-bond acceptors (Lipinski definition) is 5. The minimum atomic E-state index is -0.551. The molecule has 1 saturated carbocycles. The van der Waals surface area contributed by atoms with Crippen LogP contribution in [-0.2, 0) is 16.0 Å². The fourth-order valence-electron chi connectivity index (χ4n) is 3.78. The van der Waals surface area contributed by atoms with Gasteiger partial charge in [0.25, 0.3) is 0 Å². The van der Waals surface area contributed by atoms with Gasteiger partial charge in [0, 0.05) is 12.0 Å². The topological polar surface area (TPSA) is 56.3 Å². The van der Waals surface area contributed by atoms with Gasteiger partial charge in [0.2, 0.25) is 0 Å². The van der Waals surface area contributed by atoms with Gasteiger partial charge in [-0.05, 0) is 25.0 Å². The maximum Gasteiger partial charge on any atom is 0.312 e. The smallest absolute Gasteiger partial charge is 0.312 e. The lowest BCUT2D eigenvalue weighted by molar-refractivity contribution is -0.154. The molecule has 0 radical (unpaired) electrons. The number of esters is 1. The van der Waals surface area contributed by atoms with E-state index in [0.717, 1.165) is 40.9 Å². The molecule has 3 aromatic rings. The Morgan fingerprint density at radius 3 is 2.44 bits per heavy atom. The summed E-state index contributed by atoms with van der Waals surface area (Å²) in [5.41, 5.74) is 0.986. The normalized spacial score (nSPS) is 15.7. The van der Waals surface area contributed by atoms with Crippen molar-refractivity contribution < 1.29 is 14.3 Å². The van der Waals surface area contributed by atoms with Crippen LogP contribution in [0.25, 0.3) is 10.2 Å². The van der Waals surface area contributed by atoms with E-state index in [1.165, 1.54) is 0 Å². The molecule has 27 heavy (non-hydrogen) atoms. The summed E-state index contributed by atoms with van der Waals surface area (Å²) in [6, 6.07) is 17.0. The van der Waals surface area contributed by atoms with E-state index in [1.54, 1.807) is 35.6 Å². The maximum absolute atomic E-state index is 12.9. The predicted molar refractivity (Wildman–Crippen MR) is 106 cm³/mol. The van der Waals surface area contributed by atoms with Gasteiger partial charge in [-0.25, -0.2) is 4.98 Å². The summed E-state index contributed by atoms with van der Waals surface area (Å²) in [5, 5.41) is 0.962. The molecule has 1 aliphatic carbocycles. The third-order valence-electron chi connectivity index (χ3n) is 5.25. The second-order valence-corrected chi connectivity index (χ2v) is 8.22. The highest BCUT2D eigenvalue weighted by Crippen LogP contribution is 2.43. The highest BCUT2D eigenvalue weighted by Gasteiger charge is 2.43. The molecule has 0 aliphatic heterocycles. The molecule has 1 aliphatic rings. The Morgan fingerprint density at radius 1 is 1.00 bits per heavy atom. The summed E-state index contributed by atoms with van der Waals surface area (Å²) in [6.07, 6.45) is 4.19. The zero-order chi connectivity index (χ0) is 18.7. The second-order valence-electron chi connectivity index (χ2n) is 7.10. The van der Waals surface area contributed by atoms with Crippen LogP contribution in [0.3, 0.4) is 0 Å². The Kier molecular flexibility index (Phi) is 5.03. The Labute approximate surface area is 162 Å². The van der Waals surface area contributed by atoms with Gasteiger partial charge in [0.1, 0.15) is 0 Å². The van der Waals surface area contributed by atoms with Crippen LogP contribution in [0.2, 0.25) is 0 Å². The van der Waals surface area contributed by atoms with Crippen molar-refractivity contribution in [3.05, 3.63) is 65.2 Å². The van der Waals surface area contributed by atoms with Crippen LogP contribution in [0.4, 0.5) is 0 Å². The average molecular weight is 379 g/mol. The van der Waals surface area contributed by atoms with Gasteiger partial charge >= 0.3 is 5.97 Å². The number of rotatable bonds is 6. The van der Waals surface area contributed by atoms with Crippen LogP contribution in [0, 0.1) is 5.41 Å². The maximum atomic E-state index is 12.9. The number of thiazole rings is 1. The zero-order valence-electron chi connectivity index (χ0n) is 15.0. The van der Waals surface area contributed by atoms with Crippen molar-refractivity contribution in [1.29, 1.82) is 0 Å². The van der Waals surface area contributed by atoms with Crippen molar-refractivity contribution in [2.45, 2.75) is 32.1 Å². The highest BCUT2D eigenvalue weighted by molar-refractivity contribution is 7.18. The number of nitrogens with zero attached hydrogens (tertiary/aromatic N) is 1. The molecule has 4 nitrogen and oxygen atoms in total. The number of carbonyl (C=O) groups excluding carboxylic acids is 2. The van der Waals surface area contributed by atoms with Crippen LogP contribution in [0.5, 0.6) is 0 Å². The molecule has 0 amide bonds.